The quantitative estimate of drug-likeness (QED) is 0.753. The zero-order chi connectivity index (χ0) is 20.8. The van der Waals surface area contributed by atoms with Crippen LogP contribution in [0.1, 0.15) is 37.4 Å². The van der Waals surface area contributed by atoms with E-state index in [4.69, 9.17) is 0 Å². The molecular formula is C21H26F2N4O2. The number of nitrogens with zero attached hydrogens (tertiary/aromatic N) is 2. The van der Waals surface area contributed by atoms with Crippen molar-refractivity contribution in [3.8, 4) is 0 Å². The summed E-state index contributed by atoms with van der Waals surface area (Å²) in [4.78, 5) is 26.8. The van der Waals surface area contributed by atoms with E-state index >= 15 is 0 Å². The van der Waals surface area contributed by atoms with E-state index in [1.165, 1.54) is 18.9 Å². The summed E-state index contributed by atoms with van der Waals surface area (Å²) in [5.74, 6) is -3.84. The molecule has 0 spiro atoms. The molecule has 1 aliphatic heterocycles. The minimum Gasteiger partial charge on any atom is -0.353 e. The maximum atomic E-state index is 13.3. The Balaban J connectivity index is 1.64. The minimum atomic E-state index is -1.09. The summed E-state index contributed by atoms with van der Waals surface area (Å²) in [6.07, 6.45) is 6.55. The van der Waals surface area contributed by atoms with Crippen LogP contribution >= 0.6 is 0 Å². The molecule has 1 unspecified atom stereocenters. The van der Waals surface area contributed by atoms with Crippen LogP contribution < -0.4 is 10.6 Å². The molecule has 1 aromatic heterocycles. The fourth-order valence-electron chi connectivity index (χ4n) is 3.68. The van der Waals surface area contributed by atoms with E-state index < -0.39 is 23.4 Å². The summed E-state index contributed by atoms with van der Waals surface area (Å²) in [6.45, 7) is 2.15. The van der Waals surface area contributed by atoms with Crippen molar-refractivity contribution in [2.75, 3.05) is 25.0 Å². The molecule has 0 aliphatic carbocycles. The van der Waals surface area contributed by atoms with Crippen LogP contribution in [0.5, 0.6) is 0 Å². The standard InChI is InChI=1S/C21H26F2N4O2/c1-26-10-6-7-18(26)19(27-11-4-2-3-5-12-27)14-24-20(28)21(29)25-15-8-9-16(22)17(23)13-15/h6-10,13,19H,2-5,11-12,14H2,1H3,(H,24,28)(H,25,29). The van der Waals surface area contributed by atoms with E-state index in [2.05, 4.69) is 15.5 Å². The number of anilines is 1. The van der Waals surface area contributed by atoms with Gasteiger partial charge >= 0.3 is 11.8 Å². The van der Waals surface area contributed by atoms with Gasteiger partial charge in [-0.2, -0.15) is 0 Å². The molecule has 2 N–H and O–H groups in total. The first-order valence-corrected chi connectivity index (χ1v) is 9.85. The number of hydrogen-bond donors (Lipinski definition) is 2. The molecule has 2 heterocycles. The molecule has 29 heavy (non-hydrogen) atoms. The Morgan fingerprint density at radius 2 is 1.76 bits per heavy atom. The van der Waals surface area contributed by atoms with Crippen LogP contribution in [0.25, 0.3) is 0 Å². The second-order valence-corrected chi connectivity index (χ2v) is 7.30. The van der Waals surface area contributed by atoms with Gasteiger partial charge in [0.1, 0.15) is 0 Å². The van der Waals surface area contributed by atoms with Crippen molar-refractivity contribution in [1.29, 1.82) is 0 Å². The molecule has 2 amide bonds. The van der Waals surface area contributed by atoms with Gasteiger partial charge in [-0.3, -0.25) is 14.5 Å². The zero-order valence-electron chi connectivity index (χ0n) is 16.5. The van der Waals surface area contributed by atoms with E-state index in [0.717, 1.165) is 43.8 Å². The van der Waals surface area contributed by atoms with Crippen LogP contribution in [0.4, 0.5) is 14.5 Å². The van der Waals surface area contributed by atoms with Gasteiger partial charge in [-0.1, -0.05) is 12.8 Å². The molecule has 1 aromatic carbocycles. The van der Waals surface area contributed by atoms with Crippen molar-refractivity contribution in [2.45, 2.75) is 31.7 Å². The van der Waals surface area contributed by atoms with Crippen LogP contribution in [0.15, 0.2) is 36.5 Å². The predicted octanol–water partition coefficient (Wildman–Crippen LogP) is 2.98. The van der Waals surface area contributed by atoms with Gasteiger partial charge in [-0.05, 0) is 50.2 Å². The Labute approximate surface area is 168 Å². The summed E-state index contributed by atoms with van der Waals surface area (Å²) < 4.78 is 28.3. The average Bonchev–Trinajstić information content (AvgIpc) is 2.94. The van der Waals surface area contributed by atoms with Crippen molar-refractivity contribution in [3.05, 3.63) is 53.9 Å². The highest BCUT2D eigenvalue weighted by Crippen LogP contribution is 2.24. The number of likely N-dealkylation sites (tertiary alicyclic amines) is 1. The topological polar surface area (TPSA) is 66.4 Å². The maximum Gasteiger partial charge on any atom is 0.313 e. The Bertz CT molecular complexity index is 860. The van der Waals surface area contributed by atoms with E-state index in [9.17, 15) is 18.4 Å². The SMILES string of the molecule is Cn1cccc1C(CNC(=O)C(=O)Nc1ccc(F)c(F)c1)N1CCCCCC1. The first kappa shape index (κ1) is 21.0. The van der Waals surface area contributed by atoms with Gasteiger partial charge in [0, 0.05) is 37.2 Å². The summed E-state index contributed by atoms with van der Waals surface area (Å²) >= 11 is 0. The molecule has 1 atom stereocenters. The van der Waals surface area contributed by atoms with Gasteiger partial charge in [0.2, 0.25) is 0 Å². The van der Waals surface area contributed by atoms with E-state index in [1.54, 1.807) is 0 Å². The Kier molecular flexibility index (Phi) is 6.98. The van der Waals surface area contributed by atoms with Gasteiger partial charge < -0.3 is 15.2 Å². The molecule has 0 radical (unpaired) electrons. The fraction of sp³-hybridized carbons (Fsp3) is 0.429. The highest BCUT2D eigenvalue weighted by molar-refractivity contribution is 6.39. The Morgan fingerprint density at radius 3 is 2.38 bits per heavy atom. The smallest absolute Gasteiger partial charge is 0.313 e. The third-order valence-electron chi connectivity index (χ3n) is 5.25. The molecule has 2 aromatic rings. The molecule has 3 rings (SSSR count). The van der Waals surface area contributed by atoms with Gasteiger partial charge in [-0.15, -0.1) is 0 Å². The van der Waals surface area contributed by atoms with Crippen LogP contribution in [0.2, 0.25) is 0 Å². The highest BCUT2D eigenvalue weighted by Gasteiger charge is 2.25. The average molecular weight is 404 g/mol. The fourth-order valence-corrected chi connectivity index (χ4v) is 3.68. The molecule has 0 bridgehead atoms. The zero-order valence-corrected chi connectivity index (χ0v) is 16.5. The van der Waals surface area contributed by atoms with Crippen LogP contribution in [-0.4, -0.2) is 40.9 Å². The molecule has 8 heteroatoms. The van der Waals surface area contributed by atoms with Crippen molar-refractivity contribution in [1.82, 2.24) is 14.8 Å². The van der Waals surface area contributed by atoms with Crippen LogP contribution in [-0.2, 0) is 16.6 Å². The number of aryl methyl sites for hydroxylation is 1. The van der Waals surface area contributed by atoms with Crippen molar-refractivity contribution >= 4 is 17.5 Å². The number of carbonyl (C=O) groups is 2. The third-order valence-corrected chi connectivity index (χ3v) is 5.25. The molecule has 6 nitrogen and oxygen atoms in total. The number of benzene rings is 1. The van der Waals surface area contributed by atoms with Crippen LogP contribution in [0.3, 0.4) is 0 Å². The minimum absolute atomic E-state index is 0.0237. The van der Waals surface area contributed by atoms with E-state index in [1.807, 2.05) is 29.9 Å². The van der Waals surface area contributed by atoms with Gasteiger partial charge in [0.05, 0.1) is 6.04 Å². The lowest BCUT2D eigenvalue weighted by atomic mass is 10.1. The Morgan fingerprint density at radius 1 is 1.03 bits per heavy atom. The second-order valence-electron chi connectivity index (χ2n) is 7.30. The molecule has 1 aliphatic rings. The monoisotopic (exact) mass is 404 g/mol. The van der Waals surface area contributed by atoms with E-state index in [-0.39, 0.29) is 18.3 Å². The lowest BCUT2D eigenvalue weighted by Gasteiger charge is -2.31. The Hall–Kier alpha value is -2.74. The summed E-state index contributed by atoms with van der Waals surface area (Å²) in [7, 11) is 1.96. The van der Waals surface area contributed by atoms with Crippen molar-refractivity contribution < 1.29 is 18.4 Å². The predicted molar refractivity (Wildman–Crippen MR) is 106 cm³/mol. The first-order chi connectivity index (χ1) is 14.0. The van der Waals surface area contributed by atoms with Crippen LogP contribution in [0, 0.1) is 11.6 Å². The number of nitrogens with one attached hydrogen (secondary N) is 2. The molecular weight excluding hydrogens is 378 g/mol. The number of aromatic nitrogens is 1. The van der Waals surface area contributed by atoms with Crippen molar-refractivity contribution in [2.24, 2.45) is 7.05 Å². The first-order valence-electron chi connectivity index (χ1n) is 9.85. The second kappa shape index (κ2) is 9.65. The highest BCUT2D eigenvalue weighted by atomic mass is 19.2. The molecule has 1 fully saturated rings. The van der Waals surface area contributed by atoms with Gasteiger partial charge in [-0.25, -0.2) is 8.78 Å². The summed E-state index contributed by atoms with van der Waals surface area (Å²) in [5.41, 5.74) is 1.09. The lowest BCUT2D eigenvalue weighted by molar-refractivity contribution is -0.136. The lowest BCUT2D eigenvalue weighted by Crippen LogP contribution is -2.42. The number of hydrogen-bond acceptors (Lipinski definition) is 3. The maximum absolute atomic E-state index is 13.3. The molecule has 1 saturated heterocycles. The van der Waals surface area contributed by atoms with Gasteiger partial charge in [0.25, 0.3) is 0 Å². The molecule has 156 valence electrons. The number of halogens is 2. The third kappa shape index (κ3) is 5.41. The molecule has 0 saturated carbocycles. The normalized spacial score (nSPS) is 16.1. The number of amides is 2. The van der Waals surface area contributed by atoms with Crippen molar-refractivity contribution in [3.63, 3.8) is 0 Å². The number of carbonyl (C=O) groups excluding carboxylic acids is 2. The summed E-state index contributed by atoms with van der Waals surface area (Å²) in [5, 5.41) is 4.98. The van der Waals surface area contributed by atoms with Gasteiger partial charge in [0.15, 0.2) is 11.6 Å². The largest absolute Gasteiger partial charge is 0.353 e. The van der Waals surface area contributed by atoms with E-state index in [0.29, 0.717) is 0 Å². The summed E-state index contributed by atoms with van der Waals surface area (Å²) in [6, 6.07) is 6.86. The number of rotatable bonds is 5.